The van der Waals surface area contributed by atoms with Crippen LogP contribution in [0.3, 0.4) is 0 Å². The molecule has 0 amide bonds. The van der Waals surface area contributed by atoms with Crippen molar-refractivity contribution < 1.29 is 9.15 Å². The molecule has 0 bridgehead atoms. The van der Waals surface area contributed by atoms with Gasteiger partial charge in [-0.15, -0.1) is 0 Å². The van der Waals surface area contributed by atoms with E-state index in [9.17, 15) is 0 Å². The average Bonchev–Trinajstić information content (AvgIpc) is 2.74. The van der Waals surface area contributed by atoms with E-state index in [2.05, 4.69) is 32.7 Å². The van der Waals surface area contributed by atoms with Gasteiger partial charge in [-0.1, -0.05) is 0 Å². The van der Waals surface area contributed by atoms with E-state index in [0.29, 0.717) is 6.04 Å². The van der Waals surface area contributed by atoms with E-state index < -0.39 is 0 Å². The molecule has 1 saturated heterocycles. The van der Waals surface area contributed by atoms with Crippen molar-refractivity contribution in [2.75, 3.05) is 24.7 Å². The predicted molar refractivity (Wildman–Crippen MR) is 74.1 cm³/mol. The van der Waals surface area contributed by atoms with Crippen LogP contribution in [0.15, 0.2) is 21.2 Å². The second-order valence-corrected chi connectivity index (χ2v) is 5.50. The van der Waals surface area contributed by atoms with Crippen LogP contribution in [0.4, 0.5) is 5.82 Å². The van der Waals surface area contributed by atoms with Crippen LogP contribution in [-0.2, 0) is 4.74 Å². The minimum atomic E-state index is 0.320. The standard InChI is InChI=1S/C13H15BrN2O2/c1-8-7-17-4-3-16(8)13-12-10(5-9(2)18-12)11(14)6-15-13/h5-6,8H,3-4,7H2,1-2H3/t8-/m0/s1. The molecule has 3 heterocycles. The highest BCUT2D eigenvalue weighted by Gasteiger charge is 2.24. The maximum atomic E-state index is 5.81. The first-order chi connectivity index (χ1) is 8.66. The fourth-order valence-electron chi connectivity index (χ4n) is 2.35. The van der Waals surface area contributed by atoms with E-state index in [1.54, 1.807) is 0 Å². The lowest BCUT2D eigenvalue weighted by molar-refractivity contribution is 0.0986. The molecule has 0 saturated carbocycles. The van der Waals surface area contributed by atoms with Gasteiger partial charge in [0.2, 0.25) is 0 Å². The minimum Gasteiger partial charge on any atom is -0.457 e. The molecule has 4 nitrogen and oxygen atoms in total. The van der Waals surface area contributed by atoms with Gasteiger partial charge in [0, 0.05) is 22.6 Å². The maximum Gasteiger partial charge on any atom is 0.177 e. The highest BCUT2D eigenvalue weighted by atomic mass is 79.9. The predicted octanol–water partition coefficient (Wildman–Crippen LogP) is 3.12. The molecular weight excluding hydrogens is 296 g/mol. The van der Waals surface area contributed by atoms with E-state index in [-0.39, 0.29) is 0 Å². The molecule has 1 atom stereocenters. The first-order valence-corrected chi connectivity index (χ1v) is 6.85. The Labute approximate surface area is 114 Å². The molecule has 96 valence electrons. The van der Waals surface area contributed by atoms with Gasteiger partial charge in [-0.3, -0.25) is 0 Å². The molecular formula is C13H15BrN2O2. The quantitative estimate of drug-likeness (QED) is 0.811. The Balaban J connectivity index is 2.13. The molecule has 1 aliphatic rings. The zero-order chi connectivity index (χ0) is 12.7. The molecule has 18 heavy (non-hydrogen) atoms. The van der Waals surface area contributed by atoms with E-state index in [0.717, 1.165) is 46.8 Å². The highest BCUT2D eigenvalue weighted by Crippen LogP contribution is 2.33. The number of halogens is 1. The van der Waals surface area contributed by atoms with Crippen molar-refractivity contribution in [3.63, 3.8) is 0 Å². The van der Waals surface area contributed by atoms with Crippen molar-refractivity contribution in [3.05, 3.63) is 22.5 Å². The minimum absolute atomic E-state index is 0.320. The molecule has 2 aromatic heterocycles. The van der Waals surface area contributed by atoms with Crippen LogP contribution in [-0.4, -0.2) is 30.8 Å². The summed E-state index contributed by atoms with van der Waals surface area (Å²) in [5.41, 5.74) is 0.857. The van der Waals surface area contributed by atoms with Crippen LogP contribution >= 0.6 is 15.9 Å². The Bertz CT molecular complexity index is 582. The van der Waals surface area contributed by atoms with Gasteiger partial charge in [-0.2, -0.15) is 0 Å². The number of anilines is 1. The molecule has 0 unspecified atom stereocenters. The Morgan fingerprint density at radius 1 is 1.50 bits per heavy atom. The summed E-state index contributed by atoms with van der Waals surface area (Å²) in [6, 6.07) is 2.36. The first-order valence-electron chi connectivity index (χ1n) is 6.06. The SMILES string of the molecule is Cc1cc2c(Br)cnc(N3CCOC[C@@H]3C)c2o1. The number of hydrogen-bond acceptors (Lipinski definition) is 4. The van der Waals surface area contributed by atoms with Gasteiger partial charge >= 0.3 is 0 Å². The van der Waals surface area contributed by atoms with Gasteiger partial charge < -0.3 is 14.1 Å². The second kappa shape index (κ2) is 4.55. The van der Waals surface area contributed by atoms with Crippen LogP contribution in [0.2, 0.25) is 0 Å². The smallest absolute Gasteiger partial charge is 0.177 e. The summed E-state index contributed by atoms with van der Waals surface area (Å²) in [7, 11) is 0. The maximum absolute atomic E-state index is 5.81. The van der Waals surface area contributed by atoms with Crippen LogP contribution in [0, 0.1) is 6.92 Å². The van der Waals surface area contributed by atoms with Crippen molar-refractivity contribution >= 4 is 32.7 Å². The summed E-state index contributed by atoms with van der Waals surface area (Å²) in [5, 5.41) is 1.08. The first kappa shape index (κ1) is 12.0. The molecule has 0 aliphatic carbocycles. The van der Waals surface area contributed by atoms with Crippen molar-refractivity contribution in [2.24, 2.45) is 0 Å². The number of aromatic nitrogens is 1. The third-order valence-electron chi connectivity index (χ3n) is 3.26. The average molecular weight is 311 g/mol. The fourth-order valence-corrected chi connectivity index (χ4v) is 2.75. The van der Waals surface area contributed by atoms with E-state index in [1.165, 1.54) is 0 Å². The Morgan fingerprint density at radius 3 is 3.11 bits per heavy atom. The topological polar surface area (TPSA) is 38.5 Å². The second-order valence-electron chi connectivity index (χ2n) is 4.65. The van der Waals surface area contributed by atoms with Crippen LogP contribution in [0.5, 0.6) is 0 Å². The largest absolute Gasteiger partial charge is 0.457 e. The Morgan fingerprint density at radius 2 is 2.33 bits per heavy atom. The molecule has 1 fully saturated rings. The number of pyridine rings is 1. The lowest BCUT2D eigenvalue weighted by Gasteiger charge is -2.34. The van der Waals surface area contributed by atoms with E-state index in [1.807, 2.05) is 19.2 Å². The summed E-state index contributed by atoms with van der Waals surface area (Å²) in [6.45, 7) is 6.43. The molecule has 0 N–H and O–H groups in total. The summed E-state index contributed by atoms with van der Waals surface area (Å²) in [4.78, 5) is 6.77. The zero-order valence-electron chi connectivity index (χ0n) is 10.4. The highest BCUT2D eigenvalue weighted by molar-refractivity contribution is 9.10. The lowest BCUT2D eigenvalue weighted by Crippen LogP contribution is -2.44. The molecule has 0 spiro atoms. The number of aryl methyl sites for hydroxylation is 1. The molecule has 5 heteroatoms. The van der Waals surface area contributed by atoms with Crippen molar-refractivity contribution in [3.8, 4) is 0 Å². The monoisotopic (exact) mass is 310 g/mol. The van der Waals surface area contributed by atoms with Crippen molar-refractivity contribution in [1.29, 1.82) is 0 Å². The third kappa shape index (κ3) is 1.91. The fraction of sp³-hybridized carbons (Fsp3) is 0.462. The Kier molecular flexibility index (Phi) is 3.03. The van der Waals surface area contributed by atoms with Crippen molar-refractivity contribution in [1.82, 2.24) is 4.98 Å². The van der Waals surface area contributed by atoms with Crippen LogP contribution in [0.1, 0.15) is 12.7 Å². The summed E-state index contributed by atoms with van der Waals surface area (Å²) >= 11 is 3.52. The summed E-state index contributed by atoms with van der Waals surface area (Å²) in [6.07, 6.45) is 1.84. The van der Waals surface area contributed by atoms with Gasteiger partial charge in [-0.25, -0.2) is 4.98 Å². The van der Waals surface area contributed by atoms with Gasteiger partial charge in [0.05, 0.1) is 19.3 Å². The number of ether oxygens (including phenoxy) is 1. The van der Waals surface area contributed by atoms with E-state index in [4.69, 9.17) is 9.15 Å². The van der Waals surface area contributed by atoms with Gasteiger partial charge in [0.15, 0.2) is 11.4 Å². The third-order valence-corrected chi connectivity index (χ3v) is 3.89. The summed E-state index contributed by atoms with van der Waals surface area (Å²) in [5.74, 6) is 1.82. The van der Waals surface area contributed by atoms with Crippen LogP contribution < -0.4 is 4.90 Å². The number of nitrogens with zero attached hydrogens (tertiary/aromatic N) is 2. The van der Waals surface area contributed by atoms with Gasteiger partial charge in [-0.05, 0) is 35.8 Å². The van der Waals surface area contributed by atoms with Gasteiger partial charge in [0.25, 0.3) is 0 Å². The molecule has 0 radical (unpaired) electrons. The van der Waals surface area contributed by atoms with Gasteiger partial charge in [0.1, 0.15) is 5.76 Å². The van der Waals surface area contributed by atoms with Crippen LogP contribution in [0.25, 0.3) is 11.0 Å². The number of furan rings is 1. The molecule has 3 rings (SSSR count). The molecule has 2 aromatic rings. The van der Waals surface area contributed by atoms with Crippen molar-refractivity contribution in [2.45, 2.75) is 19.9 Å². The van der Waals surface area contributed by atoms with E-state index >= 15 is 0 Å². The molecule has 1 aliphatic heterocycles. The normalized spacial score (nSPS) is 20.6. The number of fused-ring (bicyclic) bond motifs is 1. The molecule has 0 aromatic carbocycles. The summed E-state index contributed by atoms with van der Waals surface area (Å²) < 4.78 is 12.2. The number of morpholine rings is 1. The zero-order valence-corrected chi connectivity index (χ0v) is 12.0. The number of hydrogen-bond donors (Lipinski definition) is 0. The lowest BCUT2D eigenvalue weighted by atomic mass is 10.2. The Hall–Kier alpha value is -1.07. The number of rotatable bonds is 1.